The SMILES string of the molecule is CCN(Cc1cccc(Cl)c1F)C1CC2CCC(C1)N2. The van der Waals surface area contributed by atoms with Crippen LogP contribution in [0.3, 0.4) is 0 Å². The Morgan fingerprint density at radius 3 is 2.65 bits per heavy atom. The van der Waals surface area contributed by atoms with Crippen LogP contribution in [0.4, 0.5) is 4.39 Å². The second-order valence-electron chi connectivity index (χ2n) is 6.04. The molecule has 0 amide bonds. The van der Waals surface area contributed by atoms with Gasteiger partial charge >= 0.3 is 0 Å². The van der Waals surface area contributed by atoms with Crippen molar-refractivity contribution in [2.45, 2.75) is 57.3 Å². The Morgan fingerprint density at radius 2 is 2.00 bits per heavy atom. The summed E-state index contributed by atoms with van der Waals surface area (Å²) >= 11 is 5.88. The van der Waals surface area contributed by atoms with Crippen molar-refractivity contribution in [1.29, 1.82) is 0 Å². The molecule has 2 unspecified atom stereocenters. The lowest BCUT2D eigenvalue weighted by atomic mass is 9.97. The summed E-state index contributed by atoms with van der Waals surface area (Å²) in [6.45, 7) is 3.77. The Hall–Kier alpha value is -0.640. The maximum Gasteiger partial charge on any atom is 0.146 e. The van der Waals surface area contributed by atoms with Crippen LogP contribution in [0.25, 0.3) is 0 Å². The quantitative estimate of drug-likeness (QED) is 0.913. The molecule has 20 heavy (non-hydrogen) atoms. The number of fused-ring (bicyclic) bond motifs is 2. The van der Waals surface area contributed by atoms with E-state index in [0.717, 1.165) is 6.54 Å². The molecule has 110 valence electrons. The first-order valence-corrected chi connectivity index (χ1v) is 7.98. The summed E-state index contributed by atoms with van der Waals surface area (Å²) in [6, 6.07) is 7.19. The van der Waals surface area contributed by atoms with E-state index < -0.39 is 0 Å². The number of rotatable bonds is 4. The number of nitrogens with one attached hydrogen (secondary N) is 1. The zero-order valence-corrected chi connectivity index (χ0v) is 12.7. The first-order chi connectivity index (χ1) is 9.67. The minimum atomic E-state index is -0.260. The number of benzene rings is 1. The van der Waals surface area contributed by atoms with Crippen LogP contribution in [-0.4, -0.2) is 29.6 Å². The van der Waals surface area contributed by atoms with Crippen molar-refractivity contribution in [3.8, 4) is 0 Å². The van der Waals surface area contributed by atoms with E-state index in [2.05, 4.69) is 17.1 Å². The molecule has 2 bridgehead atoms. The molecule has 1 aromatic rings. The maximum atomic E-state index is 14.1. The fourth-order valence-electron chi connectivity index (χ4n) is 3.71. The lowest BCUT2D eigenvalue weighted by Crippen LogP contribution is -2.48. The van der Waals surface area contributed by atoms with Gasteiger partial charge in [0.1, 0.15) is 5.82 Å². The van der Waals surface area contributed by atoms with Gasteiger partial charge in [-0.2, -0.15) is 0 Å². The van der Waals surface area contributed by atoms with Gasteiger partial charge in [-0.15, -0.1) is 0 Å². The Labute approximate surface area is 125 Å². The minimum absolute atomic E-state index is 0.226. The first kappa shape index (κ1) is 14.3. The van der Waals surface area contributed by atoms with Gasteiger partial charge in [-0.1, -0.05) is 30.7 Å². The smallest absolute Gasteiger partial charge is 0.146 e. The molecule has 0 spiro atoms. The normalized spacial score (nSPS) is 29.1. The number of halogens is 2. The Balaban J connectivity index is 1.72. The topological polar surface area (TPSA) is 15.3 Å². The van der Waals surface area contributed by atoms with Gasteiger partial charge in [0.05, 0.1) is 5.02 Å². The van der Waals surface area contributed by atoms with Gasteiger partial charge in [0.2, 0.25) is 0 Å². The molecule has 2 atom stereocenters. The molecule has 2 fully saturated rings. The van der Waals surface area contributed by atoms with E-state index in [1.54, 1.807) is 6.07 Å². The summed E-state index contributed by atoms with van der Waals surface area (Å²) in [5.41, 5.74) is 0.713. The van der Waals surface area contributed by atoms with E-state index in [9.17, 15) is 4.39 Å². The molecule has 2 aliphatic rings. The maximum absolute atomic E-state index is 14.1. The van der Waals surface area contributed by atoms with Crippen molar-refractivity contribution in [2.75, 3.05) is 6.54 Å². The van der Waals surface area contributed by atoms with Crippen LogP contribution in [-0.2, 0) is 6.54 Å². The molecule has 0 aromatic heterocycles. The molecule has 3 rings (SSSR count). The van der Waals surface area contributed by atoms with E-state index in [1.165, 1.54) is 25.7 Å². The fourth-order valence-corrected chi connectivity index (χ4v) is 3.91. The van der Waals surface area contributed by atoms with Crippen LogP contribution in [0.1, 0.15) is 38.2 Å². The average molecular weight is 297 g/mol. The summed E-state index contributed by atoms with van der Waals surface area (Å²) in [4.78, 5) is 2.40. The number of piperidine rings is 1. The van der Waals surface area contributed by atoms with Gasteiger partial charge in [-0.25, -0.2) is 4.39 Å². The van der Waals surface area contributed by atoms with E-state index in [1.807, 2.05) is 12.1 Å². The summed E-state index contributed by atoms with van der Waals surface area (Å²) in [7, 11) is 0. The van der Waals surface area contributed by atoms with Crippen LogP contribution < -0.4 is 5.32 Å². The molecule has 2 nitrogen and oxygen atoms in total. The average Bonchev–Trinajstić information content (AvgIpc) is 2.79. The van der Waals surface area contributed by atoms with E-state index in [0.29, 0.717) is 30.2 Å². The lowest BCUT2D eigenvalue weighted by Gasteiger charge is -2.37. The predicted octanol–water partition coefficient (Wildman–Crippen LogP) is 3.58. The molecule has 1 N–H and O–H groups in total. The van der Waals surface area contributed by atoms with E-state index >= 15 is 0 Å². The predicted molar refractivity (Wildman–Crippen MR) is 80.5 cm³/mol. The van der Waals surface area contributed by atoms with E-state index in [-0.39, 0.29) is 10.8 Å². The molecule has 0 aliphatic carbocycles. The number of nitrogens with zero attached hydrogens (tertiary/aromatic N) is 1. The molecule has 0 saturated carbocycles. The van der Waals surface area contributed by atoms with Gasteiger partial charge in [-0.3, -0.25) is 4.90 Å². The van der Waals surface area contributed by atoms with Crippen LogP contribution in [0.2, 0.25) is 5.02 Å². The summed E-state index contributed by atoms with van der Waals surface area (Å²) < 4.78 is 14.1. The van der Waals surface area contributed by atoms with Gasteiger partial charge < -0.3 is 5.32 Å². The van der Waals surface area contributed by atoms with Gasteiger partial charge in [-0.05, 0) is 38.3 Å². The largest absolute Gasteiger partial charge is 0.311 e. The fraction of sp³-hybridized carbons (Fsp3) is 0.625. The highest BCUT2D eigenvalue weighted by molar-refractivity contribution is 6.30. The molecule has 1 aromatic carbocycles. The number of hydrogen-bond donors (Lipinski definition) is 1. The van der Waals surface area contributed by atoms with Crippen molar-refractivity contribution in [1.82, 2.24) is 10.2 Å². The highest BCUT2D eigenvalue weighted by atomic mass is 35.5. The Bertz CT molecular complexity index is 468. The van der Waals surface area contributed by atoms with Crippen molar-refractivity contribution in [3.63, 3.8) is 0 Å². The molecule has 0 radical (unpaired) electrons. The van der Waals surface area contributed by atoms with Crippen molar-refractivity contribution >= 4 is 11.6 Å². The third kappa shape index (κ3) is 2.85. The zero-order valence-electron chi connectivity index (χ0n) is 11.9. The monoisotopic (exact) mass is 296 g/mol. The van der Waals surface area contributed by atoms with Crippen molar-refractivity contribution < 1.29 is 4.39 Å². The molecular formula is C16H22ClFN2. The van der Waals surface area contributed by atoms with Crippen LogP contribution >= 0.6 is 11.6 Å². The minimum Gasteiger partial charge on any atom is -0.311 e. The molecule has 4 heteroatoms. The van der Waals surface area contributed by atoms with Crippen LogP contribution in [0, 0.1) is 5.82 Å². The molecule has 2 aliphatic heterocycles. The third-order valence-corrected chi connectivity index (χ3v) is 5.07. The van der Waals surface area contributed by atoms with Crippen LogP contribution in [0.15, 0.2) is 18.2 Å². The van der Waals surface area contributed by atoms with Gasteiger partial charge in [0, 0.05) is 30.2 Å². The summed E-state index contributed by atoms with van der Waals surface area (Å²) in [6.07, 6.45) is 4.97. The first-order valence-electron chi connectivity index (χ1n) is 7.60. The van der Waals surface area contributed by atoms with Crippen molar-refractivity contribution in [3.05, 3.63) is 34.6 Å². The van der Waals surface area contributed by atoms with E-state index in [4.69, 9.17) is 11.6 Å². The van der Waals surface area contributed by atoms with Gasteiger partial charge in [0.15, 0.2) is 0 Å². The van der Waals surface area contributed by atoms with Crippen molar-refractivity contribution in [2.24, 2.45) is 0 Å². The second kappa shape index (κ2) is 6.00. The molecule has 2 heterocycles. The Kier molecular flexibility index (Phi) is 4.29. The summed E-state index contributed by atoms with van der Waals surface area (Å²) in [5.74, 6) is -0.260. The zero-order chi connectivity index (χ0) is 14.1. The lowest BCUT2D eigenvalue weighted by molar-refractivity contribution is 0.139. The second-order valence-corrected chi connectivity index (χ2v) is 6.45. The Morgan fingerprint density at radius 1 is 1.30 bits per heavy atom. The molecular weight excluding hydrogens is 275 g/mol. The third-order valence-electron chi connectivity index (χ3n) is 4.78. The highest BCUT2D eigenvalue weighted by Gasteiger charge is 2.35. The van der Waals surface area contributed by atoms with Gasteiger partial charge in [0.25, 0.3) is 0 Å². The highest BCUT2D eigenvalue weighted by Crippen LogP contribution is 2.31. The number of hydrogen-bond acceptors (Lipinski definition) is 2. The summed E-state index contributed by atoms with van der Waals surface area (Å²) in [5, 5.41) is 3.89. The molecule has 2 saturated heterocycles. The standard InChI is InChI=1S/C16H22ClFN2/c1-2-20(10-11-4-3-5-15(17)16(11)18)14-8-12-6-7-13(9-14)19-12/h3-5,12-14,19H,2,6-10H2,1H3. The van der Waals surface area contributed by atoms with Crippen LogP contribution in [0.5, 0.6) is 0 Å².